The third-order valence-corrected chi connectivity index (χ3v) is 18.0. The second-order valence-corrected chi connectivity index (χ2v) is 23.9. The predicted octanol–water partition coefficient (Wildman–Crippen LogP) is 7.20. The number of fused-ring (bicyclic) bond motifs is 14. The van der Waals surface area contributed by atoms with Gasteiger partial charge < -0.3 is 41.5 Å². The summed E-state index contributed by atoms with van der Waals surface area (Å²) in [4.78, 5) is 120. The molecule has 0 saturated carbocycles. The third-order valence-electron chi connectivity index (χ3n) is 12.3. The molecule has 0 spiro atoms. The van der Waals surface area contributed by atoms with Gasteiger partial charge in [0.15, 0.2) is 5.69 Å². The monoisotopic (exact) mass is 1190 g/mol. The lowest BCUT2D eigenvalue weighted by atomic mass is 10.0. The Labute approximate surface area is 478 Å². The number of aromatic carboxylic acids is 1. The SMILES string of the molecule is CNC(=O)C[C@@H]1NC(=O)c2csc(n2)-c2ccc(-c3nc(-n4cnc(C(=O)O)c4)cs3)nc2-c2csc(n2)-c2csc(n2)[C@H]([C@@H](O)c2ccccc2)NC(=O)CNC(=O)c2nc(sc2COC)[C@@H](C(C)C)NC(=O)c2nc1sc2C. The number of rotatable bonds is 10. The zero-order valence-corrected chi connectivity index (χ0v) is 47.6. The van der Waals surface area contributed by atoms with Crippen LogP contribution in [0, 0.1) is 12.8 Å². The van der Waals surface area contributed by atoms with E-state index >= 15 is 0 Å². The van der Waals surface area contributed by atoms with Crippen LogP contribution in [0.3, 0.4) is 0 Å². The maximum atomic E-state index is 14.3. The maximum absolute atomic E-state index is 14.3. The number of imidazole rings is 1. The minimum absolute atomic E-state index is 0.00139. The van der Waals surface area contributed by atoms with Crippen LogP contribution in [0.15, 0.2) is 76.5 Å². The van der Waals surface area contributed by atoms with Crippen molar-refractivity contribution in [2.24, 2.45) is 5.92 Å². The minimum Gasteiger partial charge on any atom is -0.476 e. The third kappa shape index (κ3) is 11.8. The standard InChI is InChI=1S/C51H46N14O9S6/c1-22(2)36-50-64-39(32(80-50)16-74-5)43(70)53-14-35(67)61-40(41(68)24-9-7-6-8-10-24)49-59-31(19-77-49)47-57-29(17-76-47)38-25(11-12-26(55-38)46-60-33(20-78-46)65-15-28(51(72)73)54-21-65)45-58-30(18-75-45)42(69)56-27(13-34(66)52-4)48-63-37(23(3)79-48)44(71)62-36/h6-12,15,17-22,27,36,40-41,68H,13-14,16H2,1-5H3,(H,52,66)(H,53,70)(H,56,69)(H,61,67)(H,62,71)(H,72,73)/t27-,36+,40-,41-/m0/s1. The van der Waals surface area contributed by atoms with Crippen LogP contribution in [-0.2, 0) is 20.9 Å². The number of carboxylic acids is 1. The lowest BCUT2D eigenvalue weighted by molar-refractivity contribution is -0.122. The Morgan fingerprint density at radius 2 is 1.46 bits per heavy atom. The average Bonchev–Trinajstić information content (AvgIpc) is 4.34. The molecule has 80 heavy (non-hydrogen) atoms. The summed E-state index contributed by atoms with van der Waals surface area (Å²) in [7, 11) is 2.94. The Kier molecular flexibility index (Phi) is 16.5. The van der Waals surface area contributed by atoms with Crippen LogP contribution < -0.4 is 26.6 Å². The number of nitrogens with one attached hydrogen (secondary N) is 5. The number of carboxylic acid groups (broad SMARTS) is 1. The minimum atomic E-state index is -1.27. The average molecular weight is 1190 g/mol. The van der Waals surface area contributed by atoms with E-state index in [9.17, 15) is 39.0 Å². The van der Waals surface area contributed by atoms with Crippen molar-refractivity contribution in [3.63, 3.8) is 0 Å². The van der Waals surface area contributed by atoms with E-state index in [4.69, 9.17) is 29.7 Å². The Balaban J connectivity index is 1.06. The number of aliphatic hydroxyl groups excluding tert-OH is 1. The molecular weight excluding hydrogens is 1150 g/mol. The highest BCUT2D eigenvalue weighted by Gasteiger charge is 2.33. The first-order chi connectivity index (χ1) is 38.5. The Morgan fingerprint density at radius 1 is 0.738 bits per heavy atom. The summed E-state index contributed by atoms with van der Waals surface area (Å²) in [5, 5.41) is 44.7. The number of hydrogen-bond donors (Lipinski definition) is 7. The molecular formula is C51H46N14O9S6. The number of aromatic nitrogens is 9. The van der Waals surface area contributed by atoms with Crippen molar-refractivity contribution in [1.29, 1.82) is 0 Å². The molecule has 0 radical (unpaired) electrons. The van der Waals surface area contributed by atoms with Gasteiger partial charge in [0.05, 0.1) is 42.2 Å². The van der Waals surface area contributed by atoms with Gasteiger partial charge in [-0.2, -0.15) is 0 Å². The van der Waals surface area contributed by atoms with Crippen LogP contribution in [0.25, 0.3) is 49.2 Å². The van der Waals surface area contributed by atoms with Crippen molar-refractivity contribution < 1.29 is 43.7 Å². The normalized spacial score (nSPS) is 16.6. The molecule has 0 saturated heterocycles. The fourth-order valence-electron chi connectivity index (χ4n) is 8.25. The summed E-state index contributed by atoms with van der Waals surface area (Å²) in [5.74, 6) is -3.89. The summed E-state index contributed by atoms with van der Waals surface area (Å²) in [5.41, 5.74) is 2.60. The molecule has 8 aromatic heterocycles. The van der Waals surface area contributed by atoms with E-state index in [1.807, 2.05) is 13.8 Å². The molecule has 5 amide bonds. The zero-order valence-electron chi connectivity index (χ0n) is 42.7. The predicted molar refractivity (Wildman–Crippen MR) is 301 cm³/mol. The number of pyridine rings is 1. The van der Waals surface area contributed by atoms with Crippen LogP contribution in [0.1, 0.15) is 117 Å². The maximum Gasteiger partial charge on any atom is 0.356 e. The van der Waals surface area contributed by atoms with Gasteiger partial charge >= 0.3 is 5.97 Å². The van der Waals surface area contributed by atoms with E-state index in [0.29, 0.717) is 79.5 Å². The lowest BCUT2D eigenvalue weighted by Gasteiger charge is -2.23. The molecule has 1 aliphatic rings. The van der Waals surface area contributed by atoms with E-state index < -0.39 is 66.3 Å². The van der Waals surface area contributed by atoms with Crippen molar-refractivity contribution >= 4 is 104 Å². The first-order valence-electron chi connectivity index (χ1n) is 24.3. The molecule has 410 valence electrons. The van der Waals surface area contributed by atoms with Crippen molar-refractivity contribution in [3.8, 4) is 49.2 Å². The number of carbonyl (C=O) groups is 6. The van der Waals surface area contributed by atoms with Gasteiger partial charge in [-0.15, -0.1) is 68.0 Å². The molecule has 0 aliphatic carbocycles. The van der Waals surface area contributed by atoms with Crippen LogP contribution in [0.5, 0.6) is 0 Å². The van der Waals surface area contributed by atoms with Crippen LogP contribution in [0.2, 0.25) is 0 Å². The summed E-state index contributed by atoms with van der Waals surface area (Å²) < 4.78 is 6.93. The Hall–Kier alpha value is -7.90. The van der Waals surface area contributed by atoms with E-state index in [1.54, 1.807) is 70.9 Å². The number of benzene rings is 1. The molecule has 29 heteroatoms. The van der Waals surface area contributed by atoms with Gasteiger partial charge in [-0.1, -0.05) is 44.2 Å². The second kappa shape index (κ2) is 23.8. The van der Waals surface area contributed by atoms with Crippen molar-refractivity contribution in [2.45, 2.75) is 58.0 Å². The van der Waals surface area contributed by atoms with E-state index in [2.05, 4.69) is 41.5 Å². The number of hydrogen-bond acceptors (Lipinski definition) is 22. The highest BCUT2D eigenvalue weighted by Crippen LogP contribution is 2.40. The van der Waals surface area contributed by atoms with E-state index in [1.165, 1.54) is 87.9 Å². The molecule has 0 fully saturated rings. The molecule has 1 aliphatic heterocycles. The zero-order chi connectivity index (χ0) is 56.4. The van der Waals surface area contributed by atoms with Gasteiger partial charge in [-0.05, 0) is 30.5 Å². The van der Waals surface area contributed by atoms with Gasteiger partial charge in [0.2, 0.25) is 11.8 Å². The molecule has 0 unspecified atom stereocenters. The Bertz CT molecular complexity index is 3800. The summed E-state index contributed by atoms with van der Waals surface area (Å²) in [6, 6.07) is 9.51. The largest absolute Gasteiger partial charge is 0.476 e. The van der Waals surface area contributed by atoms with E-state index in [-0.39, 0.29) is 41.7 Å². The van der Waals surface area contributed by atoms with Gasteiger partial charge in [-0.3, -0.25) is 28.5 Å². The summed E-state index contributed by atoms with van der Waals surface area (Å²) in [6.07, 6.45) is 1.22. The highest BCUT2D eigenvalue weighted by molar-refractivity contribution is 7.15. The van der Waals surface area contributed by atoms with Crippen molar-refractivity contribution in [3.05, 3.63) is 130 Å². The summed E-state index contributed by atoms with van der Waals surface area (Å²) in [6.45, 7) is 4.96. The number of amides is 5. The molecule has 10 rings (SSSR count). The number of carbonyl (C=O) groups excluding carboxylic acids is 5. The number of aliphatic hydroxyl groups is 1. The lowest BCUT2D eigenvalue weighted by Crippen LogP contribution is -2.40. The van der Waals surface area contributed by atoms with Gasteiger partial charge in [0.1, 0.15) is 88.5 Å². The van der Waals surface area contributed by atoms with E-state index in [0.717, 1.165) is 11.3 Å². The fourth-order valence-corrected chi connectivity index (χ4v) is 13.8. The van der Waals surface area contributed by atoms with Crippen LogP contribution >= 0.6 is 68.0 Å². The fraction of sp³-hybridized carbons (Fsp3) is 0.255. The van der Waals surface area contributed by atoms with Gasteiger partial charge in [0.25, 0.3) is 17.7 Å². The number of thiazole rings is 6. The van der Waals surface area contributed by atoms with Gasteiger partial charge in [-0.25, -0.2) is 44.7 Å². The molecule has 1 aromatic carbocycles. The number of ether oxygens (including phenoxy) is 1. The molecule has 10 bridgehead atoms. The quantitative estimate of drug-likeness (QED) is 0.0712. The van der Waals surface area contributed by atoms with Gasteiger partial charge in [0, 0.05) is 52.3 Å². The van der Waals surface area contributed by atoms with Crippen molar-refractivity contribution in [2.75, 3.05) is 20.7 Å². The molecule has 7 N–H and O–H groups in total. The highest BCUT2D eigenvalue weighted by atomic mass is 32.1. The number of nitrogens with zero attached hydrogens (tertiary/aromatic N) is 9. The first kappa shape index (κ1) is 55.4. The first-order valence-corrected chi connectivity index (χ1v) is 29.4. The van der Waals surface area contributed by atoms with Crippen molar-refractivity contribution in [1.82, 2.24) is 71.0 Å². The molecule has 4 atom stereocenters. The molecule has 9 heterocycles. The van der Waals surface area contributed by atoms with Crippen LogP contribution in [-0.4, -0.2) is 111 Å². The molecule has 23 nitrogen and oxygen atoms in total. The second-order valence-electron chi connectivity index (χ2n) is 18.1. The number of methoxy groups -OCH3 is 1. The number of aryl methyl sites for hydroxylation is 1. The molecule has 9 aromatic rings. The summed E-state index contributed by atoms with van der Waals surface area (Å²) >= 11 is 7.21. The topological polar surface area (TPSA) is 320 Å². The van der Waals surface area contributed by atoms with Crippen LogP contribution in [0.4, 0.5) is 0 Å². The smallest absolute Gasteiger partial charge is 0.356 e. The Morgan fingerprint density at radius 3 is 2.21 bits per heavy atom.